The number of piperidine rings is 1. The Balaban J connectivity index is 2.17. The smallest absolute Gasteiger partial charge is 0.390 e. The minimum Gasteiger partial charge on any atom is -0.390 e. The number of nitrogens with zero attached hydrogens (tertiary/aromatic N) is 2. The molecule has 1 aliphatic rings. The molecule has 1 saturated heterocycles. The van der Waals surface area contributed by atoms with E-state index in [4.69, 9.17) is 16.7 Å². The molecule has 1 unspecified atom stereocenters. The van der Waals surface area contributed by atoms with Crippen molar-refractivity contribution in [2.45, 2.75) is 25.6 Å². The minimum atomic E-state index is -4.18. The maximum atomic E-state index is 12.7. The number of anilines is 1. The third-order valence-corrected chi connectivity index (χ3v) is 3.61. The van der Waals surface area contributed by atoms with Gasteiger partial charge in [-0.1, -0.05) is 11.6 Å². The molecule has 106 valence electrons. The van der Waals surface area contributed by atoms with Crippen LogP contribution in [-0.2, 0) is 6.61 Å². The molecule has 1 N–H and O–H groups in total. The molecular formula is C12H14ClF3N2O. The molecule has 1 aromatic heterocycles. The lowest BCUT2D eigenvalue weighted by atomic mass is 9.97. The van der Waals surface area contributed by atoms with Crippen LogP contribution in [-0.4, -0.2) is 29.4 Å². The molecule has 7 heteroatoms. The van der Waals surface area contributed by atoms with E-state index < -0.39 is 12.1 Å². The first-order valence-corrected chi connectivity index (χ1v) is 6.37. The first-order valence-electron chi connectivity index (χ1n) is 5.99. The predicted octanol–water partition coefficient (Wildman–Crippen LogP) is 3.01. The van der Waals surface area contributed by atoms with Crippen molar-refractivity contribution in [3.63, 3.8) is 0 Å². The monoisotopic (exact) mass is 294 g/mol. The summed E-state index contributed by atoms with van der Waals surface area (Å²) in [7, 11) is 0. The van der Waals surface area contributed by atoms with E-state index in [-0.39, 0.29) is 25.3 Å². The van der Waals surface area contributed by atoms with Crippen LogP contribution in [0.15, 0.2) is 12.1 Å². The van der Waals surface area contributed by atoms with Crippen LogP contribution in [0.5, 0.6) is 0 Å². The second kappa shape index (κ2) is 5.54. The number of hydrogen-bond acceptors (Lipinski definition) is 3. The van der Waals surface area contributed by atoms with Crippen LogP contribution in [0.2, 0.25) is 5.02 Å². The van der Waals surface area contributed by atoms with Gasteiger partial charge < -0.3 is 10.0 Å². The topological polar surface area (TPSA) is 36.4 Å². The molecule has 1 aliphatic heterocycles. The summed E-state index contributed by atoms with van der Waals surface area (Å²) < 4.78 is 38.2. The van der Waals surface area contributed by atoms with E-state index in [1.54, 1.807) is 17.0 Å². The van der Waals surface area contributed by atoms with Gasteiger partial charge in [0.15, 0.2) is 0 Å². The van der Waals surface area contributed by atoms with Crippen molar-refractivity contribution in [3.8, 4) is 0 Å². The van der Waals surface area contributed by atoms with Crippen LogP contribution in [0, 0.1) is 5.92 Å². The average Bonchev–Trinajstić information content (AvgIpc) is 2.38. The molecule has 3 nitrogen and oxygen atoms in total. The molecule has 19 heavy (non-hydrogen) atoms. The first-order chi connectivity index (χ1) is 8.91. The summed E-state index contributed by atoms with van der Waals surface area (Å²) >= 11 is 5.82. The lowest BCUT2D eigenvalue weighted by Gasteiger charge is -2.34. The Bertz CT molecular complexity index is 453. The number of aromatic nitrogens is 1. The van der Waals surface area contributed by atoms with Gasteiger partial charge in [-0.05, 0) is 25.0 Å². The highest BCUT2D eigenvalue weighted by atomic mass is 35.5. The van der Waals surface area contributed by atoms with Gasteiger partial charge in [0.2, 0.25) is 0 Å². The summed E-state index contributed by atoms with van der Waals surface area (Å²) in [5.74, 6) is -0.890. The predicted molar refractivity (Wildman–Crippen MR) is 66.2 cm³/mol. The summed E-state index contributed by atoms with van der Waals surface area (Å²) in [6.45, 7) is 0.109. The first kappa shape index (κ1) is 14.4. The van der Waals surface area contributed by atoms with Crippen LogP contribution in [0.4, 0.5) is 19.0 Å². The Hall–Kier alpha value is -1.01. The van der Waals surface area contributed by atoms with Crippen LogP contribution in [0.3, 0.4) is 0 Å². The Morgan fingerprint density at radius 1 is 1.42 bits per heavy atom. The van der Waals surface area contributed by atoms with Gasteiger partial charge in [-0.25, -0.2) is 4.98 Å². The van der Waals surface area contributed by atoms with Crippen molar-refractivity contribution in [2.24, 2.45) is 5.92 Å². The van der Waals surface area contributed by atoms with Gasteiger partial charge >= 0.3 is 6.18 Å². The maximum absolute atomic E-state index is 12.7. The van der Waals surface area contributed by atoms with E-state index in [1.165, 1.54) is 0 Å². The highest BCUT2D eigenvalue weighted by Crippen LogP contribution is 2.34. The number of aliphatic hydroxyl groups is 1. The second-order valence-electron chi connectivity index (χ2n) is 4.58. The zero-order valence-electron chi connectivity index (χ0n) is 10.1. The summed E-state index contributed by atoms with van der Waals surface area (Å²) in [5, 5.41) is 9.39. The molecular weight excluding hydrogens is 281 g/mol. The van der Waals surface area contributed by atoms with Gasteiger partial charge in [-0.15, -0.1) is 0 Å². The van der Waals surface area contributed by atoms with Crippen molar-refractivity contribution < 1.29 is 18.3 Å². The molecule has 0 aromatic carbocycles. The molecule has 2 heterocycles. The third-order valence-electron chi connectivity index (χ3n) is 3.26. The van der Waals surface area contributed by atoms with Crippen molar-refractivity contribution in [1.82, 2.24) is 4.98 Å². The van der Waals surface area contributed by atoms with Crippen LogP contribution < -0.4 is 4.90 Å². The van der Waals surface area contributed by atoms with Crippen molar-refractivity contribution >= 4 is 17.4 Å². The number of rotatable bonds is 2. The van der Waals surface area contributed by atoms with E-state index in [0.29, 0.717) is 23.8 Å². The average molecular weight is 295 g/mol. The van der Waals surface area contributed by atoms with E-state index in [9.17, 15) is 13.2 Å². The van der Waals surface area contributed by atoms with Crippen molar-refractivity contribution in [2.75, 3.05) is 18.0 Å². The second-order valence-corrected chi connectivity index (χ2v) is 4.99. The van der Waals surface area contributed by atoms with Gasteiger partial charge in [0.25, 0.3) is 0 Å². The van der Waals surface area contributed by atoms with Gasteiger partial charge in [0, 0.05) is 13.1 Å². The van der Waals surface area contributed by atoms with Crippen LogP contribution >= 0.6 is 11.6 Å². The summed E-state index contributed by atoms with van der Waals surface area (Å²) in [6, 6.07) is 3.13. The summed E-state index contributed by atoms with van der Waals surface area (Å²) in [4.78, 5) is 5.70. The molecule has 1 atom stereocenters. The molecule has 1 fully saturated rings. The van der Waals surface area contributed by atoms with E-state index in [1.807, 2.05) is 0 Å². The fourth-order valence-corrected chi connectivity index (χ4v) is 2.38. The number of aliphatic hydroxyl groups excluding tert-OH is 1. The highest BCUT2D eigenvalue weighted by Gasteiger charge is 2.42. The Morgan fingerprint density at radius 2 is 2.16 bits per heavy atom. The highest BCUT2D eigenvalue weighted by molar-refractivity contribution is 6.31. The summed E-state index contributed by atoms with van der Waals surface area (Å²) in [6.07, 6.45) is -3.55. The Morgan fingerprint density at radius 3 is 2.79 bits per heavy atom. The largest absolute Gasteiger partial charge is 0.393 e. The molecule has 0 radical (unpaired) electrons. The normalized spacial score (nSPS) is 20.7. The zero-order valence-corrected chi connectivity index (χ0v) is 10.9. The van der Waals surface area contributed by atoms with E-state index in [2.05, 4.69) is 4.98 Å². The summed E-state index contributed by atoms with van der Waals surface area (Å²) in [5.41, 5.74) is 0.285. The molecule has 2 rings (SSSR count). The van der Waals surface area contributed by atoms with Crippen molar-refractivity contribution in [1.29, 1.82) is 0 Å². The van der Waals surface area contributed by atoms with Crippen LogP contribution in [0.1, 0.15) is 18.5 Å². The van der Waals surface area contributed by atoms with Crippen LogP contribution in [0.25, 0.3) is 0 Å². The molecule has 0 amide bonds. The third kappa shape index (κ3) is 3.30. The molecule has 0 bridgehead atoms. The number of halogens is 4. The molecule has 0 aliphatic carbocycles. The Labute approximate surface area is 114 Å². The lowest BCUT2D eigenvalue weighted by Crippen LogP contribution is -2.42. The quantitative estimate of drug-likeness (QED) is 0.911. The number of alkyl halides is 3. The van der Waals surface area contributed by atoms with Crippen molar-refractivity contribution in [3.05, 3.63) is 22.8 Å². The molecule has 0 saturated carbocycles. The minimum absolute atomic E-state index is 0.0942. The molecule has 0 spiro atoms. The fourth-order valence-electron chi connectivity index (χ4n) is 2.21. The van der Waals surface area contributed by atoms with E-state index in [0.717, 1.165) is 0 Å². The number of pyridine rings is 1. The Kier molecular flexibility index (Phi) is 4.20. The maximum Gasteiger partial charge on any atom is 0.393 e. The number of hydrogen-bond donors (Lipinski definition) is 1. The molecule has 1 aromatic rings. The van der Waals surface area contributed by atoms with Gasteiger partial charge in [-0.2, -0.15) is 13.2 Å². The fraction of sp³-hybridized carbons (Fsp3) is 0.583. The zero-order chi connectivity index (χ0) is 14.0. The van der Waals surface area contributed by atoms with Gasteiger partial charge in [0.05, 0.1) is 23.2 Å². The standard InChI is InChI=1S/C12H14ClF3N2O/c13-9-3-4-11(17-10(9)7-19)18-5-1-2-8(6-18)12(14,15)16/h3-4,8,19H,1-2,5-7H2. The van der Waals surface area contributed by atoms with E-state index >= 15 is 0 Å². The SMILES string of the molecule is OCc1nc(N2CCCC(C(F)(F)F)C2)ccc1Cl. The lowest BCUT2D eigenvalue weighted by molar-refractivity contribution is -0.176. The van der Waals surface area contributed by atoms with Gasteiger partial charge in [0.1, 0.15) is 5.82 Å². The van der Waals surface area contributed by atoms with Gasteiger partial charge in [-0.3, -0.25) is 0 Å².